The molecule has 10 heteroatoms. The van der Waals surface area contributed by atoms with Crippen molar-refractivity contribution in [3.63, 3.8) is 0 Å². The molecule has 33 heavy (non-hydrogen) atoms. The highest BCUT2D eigenvalue weighted by Gasteiger charge is 2.22. The van der Waals surface area contributed by atoms with Crippen LogP contribution in [0.1, 0.15) is 18.9 Å². The van der Waals surface area contributed by atoms with Gasteiger partial charge in [0, 0.05) is 65.1 Å². The molecule has 0 radical (unpaired) electrons. The summed E-state index contributed by atoms with van der Waals surface area (Å²) in [6.45, 7) is 6.82. The molecule has 0 atom stereocenters. The van der Waals surface area contributed by atoms with Crippen molar-refractivity contribution in [1.82, 2.24) is 25.1 Å². The van der Waals surface area contributed by atoms with Crippen LogP contribution < -0.4 is 15.0 Å². The Bertz CT molecular complexity index is 872. The van der Waals surface area contributed by atoms with Crippen molar-refractivity contribution < 1.29 is 9.53 Å². The maximum atomic E-state index is 12.7. The number of hydrogen-bond acceptors (Lipinski definition) is 6. The monoisotopic (exact) mass is 567 g/mol. The second-order valence-corrected chi connectivity index (χ2v) is 7.61. The highest BCUT2D eigenvalue weighted by atomic mass is 127. The number of aromatic nitrogens is 2. The third-order valence-corrected chi connectivity index (χ3v) is 5.33. The molecule has 1 aromatic heterocycles. The lowest BCUT2D eigenvalue weighted by Crippen LogP contribution is -2.49. The topological polar surface area (TPSA) is 86.2 Å². The van der Waals surface area contributed by atoms with Gasteiger partial charge in [-0.3, -0.25) is 9.79 Å². The van der Waals surface area contributed by atoms with Gasteiger partial charge in [-0.1, -0.05) is 12.1 Å². The fraction of sp³-hybridized carbons (Fsp3) is 0.478. The van der Waals surface area contributed by atoms with E-state index in [0.717, 1.165) is 42.9 Å². The molecule has 1 aliphatic rings. The number of aliphatic imine (C=N–C) groups is 1. The minimum atomic E-state index is 0. The number of methoxy groups -OCH3 is 1. The van der Waals surface area contributed by atoms with E-state index in [0.29, 0.717) is 32.6 Å². The van der Waals surface area contributed by atoms with Gasteiger partial charge in [0.25, 0.3) is 0 Å². The fourth-order valence-electron chi connectivity index (χ4n) is 3.58. The highest BCUT2D eigenvalue weighted by molar-refractivity contribution is 14.0. The van der Waals surface area contributed by atoms with Crippen molar-refractivity contribution in [2.24, 2.45) is 4.99 Å². The Morgan fingerprint density at radius 3 is 2.42 bits per heavy atom. The standard InChI is InChI=1S/C23H33N7O2.HI/c1-4-24-22(28(2)18-19-6-8-20(32-3)9-7-19)27-13-10-21(31)29-14-16-30(17-15-29)23-25-11-5-12-26-23;/h5-9,11-12H,4,10,13-18H2,1-3H3,(H,24,27);1H. The van der Waals surface area contributed by atoms with Crippen molar-refractivity contribution in [2.75, 3.05) is 58.3 Å². The van der Waals surface area contributed by atoms with Crippen LogP contribution in [0.3, 0.4) is 0 Å². The van der Waals surface area contributed by atoms with Gasteiger partial charge in [-0.15, -0.1) is 24.0 Å². The summed E-state index contributed by atoms with van der Waals surface area (Å²) >= 11 is 0. The Morgan fingerprint density at radius 1 is 1.15 bits per heavy atom. The van der Waals surface area contributed by atoms with E-state index in [1.807, 2.05) is 43.1 Å². The van der Waals surface area contributed by atoms with E-state index in [4.69, 9.17) is 4.74 Å². The van der Waals surface area contributed by atoms with Crippen LogP contribution in [0.5, 0.6) is 5.75 Å². The number of guanidine groups is 1. The number of piperazine rings is 1. The third kappa shape index (κ3) is 8.02. The lowest BCUT2D eigenvalue weighted by molar-refractivity contribution is -0.131. The number of carbonyl (C=O) groups is 1. The minimum Gasteiger partial charge on any atom is -0.497 e. The first-order valence-electron chi connectivity index (χ1n) is 11.0. The first kappa shape index (κ1) is 26.6. The van der Waals surface area contributed by atoms with E-state index in [9.17, 15) is 4.79 Å². The lowest BCUT2D eigenvalue weighted by Gasteiger charge is -2.34. The van der Waals surface area contributed by atoms with Gasteiger partial charge in [0.05, 0.1) is 13.7 Å². The van der Waals surface area contributed by atoms with E-state index in [1.165, 1.54) is 0 Å². The van der Waals surface area contributed by atoms with E-state index >= 15 is 0 Å². The van der Waals surface area contributed by atoms with Crippen LogP contribution in [-0.4, -0.2) is 85.1 Å². The Labute approximate surface area is 213 Å². The molecule has 1 N–H and O–H groups in total. The largest absolute Gasteiger partial charge is 0.497 e. The van der Waals surface area contributed by atoms with E-state index in [1.54, 1.807) is 25.6 Å². The smallest absolute Gasteiger partial charge is 0.225 e. The Hall–Kier alpha value is -2.63. The van der Waals surface area contributed by atoms with E-state index in [-0.39, 0.29) is 29.9 Å². The number of rotatable bonds is 8. The molecule has 2 aromatic rings. The summed E-state index contributed by atoms with van der Waals surface area (Å²) in [5.41, 5.74) is 1.16. The first-order valence-corrected chi connectivity index (χ1v) is 11.0. The quantitative estimate of drug-likeness (QED) is 0.298. The number of benzene rings is 1. The molecule has 0 saturated carbocycles. The fourth-order valence-corrected chi connectivity index (χ4v) is 3.58. The molecule has 9 nitrogen and oxygen atoms in total. The molecular weight excluding hydrogens is 533 g/mol. The van der Waals surface area contributed by atoms with Gasteiger partial charge in [0.15, 0.2) is 5.96 Å². The third-order valence-electron chi connectivity index (χ3n) is 5.33. The zero-order chi connectivity index (χ0) is 22.8. The van der Waals surface area contributed by atoms with Crippen molar-refractivity contribution >= 4 is 41.8 Å². The van der Waals surface area contributed by atoms with E-state index in [2.05, 4.69) is 30.1 Å². The predicted molar refractivity (Wildman–Crippen MR) is 141 cm³/mol. The number of nitrogens with zero attached hydrogens (tertiary/aromatic N) is 6. The molecule has 180 valence electrons. The number of nitrogens with one attached hydrogen (secondary N) is 1. The van der Waals surface area contributed by atoms with Crippen LogP contribution in [0.2, 0.25) is 0 Å². The summed E-state index contributed by atoms with van der Waals surface area (Å²) in [5, 5.41) is 3.31. The van der Waals surface area contributed by atoms with Gasteiger partial charge >= 0.3 is 0 Å². The van der Waals surface area contributed by atoms with Crippen LogP contribution in [0.25, 0.3) is 0 Å². The zero-order valence-corrected chi connectivity index (χ0v) is 21.9. The molecule has 0 aliphatic carbocycles. The Balaban J connectivity index is 0.00000385. The maximum absolute atomic E-state index is 12.7. The molecule has 3 rings (SSSR count). The second kappa shape index (κ2) is 13.8. The number of hydrogen-bond donors (Lipinski definition) is 1. The van der Waals surface area contributed by atoms with E-state index < -0.39 is 0 Å². The molecule has 1 aliphatic heterocycles. The van der Waals surface area contributed by atoms with Crippen LogP contribution in [0, 0.1) is 0 Å². The molecule has 1 saturated heterocycles. The van der Waals surface area contributed by atoms with Gasteiger partial charge in [0.2, 0.25) is 11.9 Å². The Kier molecular flexibility index (Phi) is 11.1. The summed E-state index contributed by atoms with van der Waals surface area (Å²) < 4.78 is 5.22. The van der Waals surface area contributed by atoms with Gasteiger partial charge < -0.3 is 24.8 Å². The first-order chi connectivity index (χ1) is 15.6. The van der Waals surface area contributed by atoms with Crippen molar-refractivity contribution in [3.05, 3.63) is 48.3 Å². The number of halogens is 1. The predicted octanol–water partition coefficient (Wildman–Crippen LogP) is 2.24. The zero-order valence-electron chi connectivity index (χ0n) is 19.6. The van der Waals surface area contributed by atoms with Crippen LogP contribution >= 0.6 is 24.0 Å². The average molecular weight is 567 g/mol. The van der Waals surface area contributed by atoms with Gasteiger partial charge in [0.1, 0.15) is 5.75 Å². The molecular formula is C23H34IN7O2. The summed E-state index contributed by atoms with van der Waals surface area (Å²) in [5.74, 6) is 2.49. The highest BCUT2D eigenvalue weighted by Crippen LogP contribution is 2.13. The molecule has 0 bridgehead atoms. The number of amides is 1. The summed E-state index contributed by atoms with van der Waals surface area (Å²) in [6, 6.07) is 9.80. The molecule has 0 spiro atoms. The van der Waals surface area contributed by atoms with Crippen LogP contribution in [0.4, 0.5) is 5.95 Å². The SMILES string of the molecule is CCNC(=NCCC(=O)N1CCN(c2ncccn2)CC1)N(C)Cc1ccc(OC)cc1.I. The Morgan fingerprint density at radius 2 is 1.82 bits per heavy atom. The van der Waals surface area contributed by atoms with Gasteiger partial charge in [-0.05, 0) is 30.7 Å². The number of ether oxygens (including phenoxy) is 1. The molecule has 1 amide bonds. The maximum Gasteiger partial charge on any atom is 0.225 e. The van der Waals surface area contributed by atoms with Crippen LogP contribution in [-0.2, 0) is 11.3 Å². The summed E-state index contributed by atoms with van der Waals surface area (Å²) in [4.78, 5) is 32.0. The summed E-state index contributed by atoms with van der Waals surface area (Å²) in [6.07, 6.45) is 3.88. The van der Waals surface area contributed by atoms with Crippen molar-refractivity contribution in [1.29, 1.82) is 0 Å². The lowest BCUT2D eigenvalue weighted by atomic mass is 10.2. The molecule has 2 heterocycles. The average Bonchev–Trinajstić information content (AvgIpc) is 2.84. The van der Waals surface area contributed by atoms with Crippen molar-refractivity contribution in [3.8, 4) is 5.75 Å². The number of anilines is 1. The molecule has 0 unspecified atom stereocenters. The van der Waals surface area contributed by atoms with Crippen molar-refractivity contribution in [2.45, 2.75) is 19.9 Å². The second-order valence-electron chi connectivity index (χ2n) is 7.61. The van der Waals surface area contributed by atoms with Gasteiger partial charge in [-0.2, -0.15) is 0 Å². The minimum absolute atomic E-state index is 0. The molecule has 1 fully saturated rings. The normalized spacial score (nSPS) is 13.8. The summed E-state index contributed by atoms with van der Waals surface area (Å²) in [7, 11) is 3.66. The van der Waals surface area contributed by atoms with Gasteiger partial charge in [-0.25, -0.2) is 9.97 Å². The van der Waals surface area contributed by atoms with Crippen LogP contribution in [0.15, 0.2) is 47.7 Å². The number of carbonyl (C=O) groups excluding carboxylic acids is 1. The molecule has 1 aromatic carbocycles.